The van der Waals surface area contributed by atoms with Crippen LogP contribution in [0.2, 0.25) is 18.6 Å². The van der Waals surface area contributed by atoms with Crippen LogP contribution in [0.25, 0.3) is 0 Å². The molecule has 15 nitrogen and oxygen atoms in total. The first-order chi connectivity index (χ1) is 24.1. The van der Waals surface area contributed by atoms with Crippen LogP contribution in [0.1, 0.15) is 37.3 Å². The van der Waals surface area contributed by atoms with Gasteiger partial charge in [0.1, 0.15) is 24.1 Å². The molecule has 0 bridgehead atoms. The number of hydrogen-bond donors (Lipinski definition) is 7. The highest BCUT2D eigenvalue weighted by Crippen LogP contribution is 2.60. The predicted octanol–water partition coefficient (Wildman–Crippen LogP) is 0.152. The molecule has 6 rings (SSSR count). The molecule has 16 heteroatoms. The molecule has 0 radical (unpaired) electrons. The van der Waals surface area contributed by atoms with Crippen molar-refractivity contribution in [3.63, 3.8) is 0 Å². The Balaban J connectivity index is 1.25. The normalized spacial score (nSPS) is 33.5. The highest BCUT2D eigenvalue weighted by molar-refractivity contribution is 6.71. The molecule has 0 aliphatic carbocycles. The van der Waals surface area contributed by atoms with Crippen LogP contribution in [-0.4, -0.2) is 124 Å². The quantitative estimate of drug-likeness (QED) is 0.172. The zero-order valence-electron chi connectivity index (χ0n) is 29.0. The number of nitrogens with zero attached hydrogens (tertiary/aromatic N) is 2. The molecule has 10 atom stereocenters. The summed E-state index contributed by atoms with van der Waals surface area (Å²) in [7, 11) is -1.51. The molecule has 0 aromatic heterocycles. The van der Waals surface area contributed by atoms with E-state index in [2.05, 4.69) is 5.32 Å². The van der Waals surface area contributed by atoms with Crippen LogP contribution in [0, 0.1) is 5.92 Å². The van der Waals surface area contributed by atoms with Gasteiger partial charge in [0.2, 0.25) is 5.91 Å². The van der Waals surface area contributed by atoms with E-state index in [-0.39, 0.29) is 37.4 Å². The molecule has 2 aromatic carbocycles. The van der Waals surface area contributed by atoms with Gasteiger partial charge in [-0.15, -0.1) is 0 Å². The Hall–Kier alpha value is -3.45. The molecule has 1 spiro atoms. The molecule has 278 valence electrons. The van der Waals surface area contributed by atoms with Crippen molar-refractivity contribution in [3.05, 3.63) is 53.6 Å². The number of benzene rings is 2. The maximum absolute atomic E-state index is 14.8. The Morgan fingerprint density at radius 3 is 2.41 bits per heavy atom. The Morgan fingerprint density at radius 2 is 1.76 bits per heavy atom. The molecule has 4 aliphatic heterocycles. The van der Waals surface area contributed by atoms with Crippen LogP contribution < -0.4 is 15.0 Å². The van der Waals surface area contributed by atoms with E-state index in [1.54, 1.807) is 65.4 Å². The van der Waals surface area contributed by atoms with E-state index in [9.17, 15) is 44.7 Å². The van der Waals surface area contributed by atoms with Crippen molar-refractivity contribution in [1.29, 1.82) is 0 Å². The number of methoxy groups -OCH3 is 1. The highest BCUT2D eigenvalue weighted by atomic mass is 28.4. The van der Waals surface area contributed by atoms with E-state index < -0.39 is 68.1 Å². The number of likely N-dealkylation sites (tertiary alicyclic amines) is 1. The van der Waals surface area contributed by atoms with Gasteiger partial charge < -0.3 is 59.7 Å². The first-order valence-corrected chi connectivity index (χ1v) is 20.2. The van der Waals surface area contributed by atoms with Gasteiger partial charge in [-0.25, -0.2) is 0 Å². The zero-order valence-corrected chi connectivity index (χ0v) is 30.0. The van der Waals surface area contributed by atoms with Crippen LogP contribution in [0.3, 0.4) is 0 Å². The van der Waals surface area contributed by atoms with Crippen molar-refractivity contribution in [2.24, 2.45) is 5.92 Å². The average Bonchev–Trinajstić information content (AvgIpc) is 3.76. The summed E-state index contributed by atoms with van der Waals surface area (Å²) in [5.74, 6) is -1.36. The molecule has 3 amide bonds. The molecule has 51 heavy (non-hydrogen) atoms. The Labute approximate surface area is 296 Å². The molecule has 4 heterocycles. The van der Waals surface area contributed by atoms with Crippen LogP contribution >= 0.6 is 0 Å². The van der Waals surface area contributed by atoms with E-state index in [1.807, 2.05) is 6.92 Å². The summed E-state index contributed by atoms with van der Waals surface area (Å²) in [6.07, 6.45) is -8.12. The van der Waals surface area contributed by atoms with Crippen molar-refractivity contribution >= 4 is 37.4 Å². The first-order valence-electron chi connectivity index (χ1n) is 17.2. The minimum absolute atomic E-state index is 0.0363. The number of aliphatic hydroxyl groups excluding tert-OH is 5. The van der Waals surface area contributed by atoms with Gasteiger partial charge in [0.25, 0.3) is 11.8 Å². The van der Waals surface area contributed by atoms with Crippen molar-refractivity contribution in [2.45, 2.75) is 99.8 Å². The topological polar surface area (TPSA) is 219 Å². The summed E-state index contributed by atoms with van der Waals surface area (Å²) >= 11 is 0. The van der Waals surface area contributed by atoms with E-state index in [0.29, 0.717) is 41.2 Å². The third-order valence-corrected chi connectivity index (χ3v) is 13.4. The van der Waals surface area contributed by atoms with Gasteiger partial charge in [-0.3, -0.25) is 14.4 Å². The molecule has 3 saturated heterocycles. The number of rotatable bonds is 9. The molecule has 2 aromatic rings. The van der Waals surface area contributed by atoms with Gasteiger partial charge in [-0.1, -0.05) is 19.1 Å². The SMILES string of the molecule is COc1ccc2c(c1)[C@]1(O[C@@H](CC(=O)N3CCC[C@H]3CO)[C@H]([Si](C)(C)O)[C@H]1C)C(=O)N2Cc1ccc(NC(=O)[C@H]2O[C@@H](O)[C@H](O)[C@@H](O)[C@@H]2O)cc1. The monoisotopic (exact) mass is 729 g/mol. The second-order valence-electron chi connectivity index (χ2n) is 14.5. The molecule has 4 aliphatic rings. The van der Waals surface area contributed by atoms with Gasteiger partial charge in [0, 0.05) is 29.3 Å². The largest absolute Gasteiger partial charge is 0.497 e. The Bertz CT molecular complexity index is 1640. The summed E-state index contributed by atoms with van der Waals surface area (Å²) in [5, 5.41) is 52.1. The average molecular weight is 730 g/mol. The van der Waals surface area contributed by atoms with Gasteiger partial charge in [0.05, 0.1) is 44.5 Å². The second kappa shape index (κ2) is 14.2. The Morgan fingerprint density at radius 1 is 1.06 bits per heavy atom. The molecule has 0 saturated carbocycles. The number of amides is 3. The van der Waals surface area contributed by atoms with Crippen molar-refractivity contribution < 1.29 is 58.9 Å². The maximum Gasteiger partial charge on any atom is 0.264 e. The number of fused-ring (bicyclic) bond motifs is 2. The number of aliphatic hydroxyl groups is 5. The summed E-state index contributed by atoms with van der Waals surface area (Å²) in [6, 6.07) is 11.6. The number of ether oxygens (including phenoxy) is 3. The number of hydrogen-bond acceptors (Lipinski definition) is 12. The predicted molar refractivity (Wildman–Crippen MR) is 184 cm³/mol. The lowest BCUT2D eigenvalue weighted by molar-refractivity contribution is -0.274. The van der Waals surface area contributed by atoms with Crippen LogP contribution in [-0.2, 0) is 36.0 Å². The number of anilines is 2. The Kier molecular flexibility index (Phi) is 10.4. The van der Waals surface area contributed by atoms with Crippen LogP contribution in [0.5, 0.6) is 5.75 Å². The summed E-state index contributed by atoms with van der Waals surface area (Å²) in [4.78, 5) is 56.1. The molecular formula is C35H47N3O12Si. The van der Waals surface area contributed by atoms with E-state index in [1.165, 1.54) is 7.11 Å². The van der Waals surface area contributed by atoms with Crippen molar-refractivity contribution in [2.75, 3.05) is 30.5 Å². The van der Waals surface area contributed by atoms with Crippen molar-refractivity contribution in [3.8, 4) is 5.75 Å². The number of nitrogens with one attached hydrogen (secondary N) is 1. The number of carbonyl (C=O) groups excluding carboxylic acids is 3. The third-order valence-electron chi connectivity index (χ3n) is 10.9. The minimum atomic E-state index is -3.04. The lowest BCUT2D eigenvalue weighted by Gasteiger charge is -2.37. The molecule has 7 N–H and O–H groups in total. The van der Waals surface area contributed by atoms with Gasteiger partial charge in [-0.2, -0.15) is 0 Å². The molecule has 0 unspecified atom stereocenters. The van der Waals surface area contributed by atoms with Gasteiger partial charge in [-0.05, 0) is 61.8 Å². The standard InChI is InChI=1S/C35H47N3O12Si/c1-18-31(51(3,4)47)25(15-26(40)37-13-5-6-21(37)17-39)50-35(18)23-14-22(48-2)11-12-24(23)38(34(35)46)16-19-7-9-20(10-8-19)36-32(44)30-28(42)27(41)29(43)33(45)49-30/h7-12,14,18,21,25,27-31,33,39,41-43,45,47H,5-6,13,15-17H2,1-4H3,(H,36,44)/t18-,21+,25+,27+,28+,29-,30+,31-,33-,35+/m1/s1. The van der Waals surface area contributed by atoms with Crippen molar-refractivity contribution in [1.82, 2.24) is 4.90 Å². The lowest BCUT2D eigenvalue weighted by atomic mass is 9.82. The smallest absolute Gasteiger partial charge is 0.264 e. The zero-order chi connectivity index (χ0) is 37.0. The fourth-order valence-electron chi connectivity index (χ4n) is 8.35. The summed E-state index contributed by atoms with van der Waals surface area (Å²) in [5.41, 5.74) is 0.194. The highest BCUT2D eigenvalue weighted by Gasteiger charge is 2.66. The van der Waals surface area contributed by atoms with Gasteiger partial charge in [0.15, 0.2) is 26.3 Å². The summed E-state index contributed by atoms with van der Waals surface area (Å²) in [6.45, 7) is 5.99. The second-order valence-corrected chi connectivity index (χ2v) is 18.5. The van der Waals surface area contributed by atoms with Crippen LogP contribution in [0.4, 0.5) is 11.4 Å². The van der Waals surface area contributed by atoms with E-state index >= 15 is 0 Å². The fourth-order valence-corrected chi connectivity index (χ4v) is 10.9. The summed E-state index contributed by atoms with van der Waals surface area (Å²) < 4.78 is 17.4. The molecular weight excluding hydrogens is 682 g/mol. The molecule has 3 fully saturated rings. The van der Waals surface area contributed by atoms with Gasteiger partial charge >= 0.3 is 0 Å². The first kappa shape index (κ1) is 37.3. The third kappa shape index (κ3) is 6.57. The number of carbonyl (C=O) groups is 3. The fraction of sp³-hybridized carbons (Fsp3) is 0.571. The van der Waals surface area contributed by atoms with E-state index in [4.69, 9.17) is 14.2 Å². The van der Waals surface area contributed by atoms with Crippen LogP contribution in [0.15, 0.2) is 42.5 Å². The van der Waals surface area contributed by atoms with E-state index in [0.717, 1.165) is 6.42 Å². The lowest BCUT2D eigenvalue weighted by Crippen LogP contribution is -2.60. The maximum atomic E-state index is 14.8. The minimum Gasteiger partial charge on any atom is -0.497 e.